The van der Waals surface area contributed by atoms with Crippen molar-refractivity contribution in [1.82, 2.24) is 14.9 Å². The number of nitrogens with one attached hydrogen (secondary N) is 2. The first kappa shape index (κ1) is 21.4. The molecule has 2 heterocycles. The molecule has 5 nitrogen and oxygen atoms in total. The van der Waals surface area contributed by atoms with E-state index in [-0.39, 0.29) is 11.6 Å². The number of para-hydroxylation sites is 1. The molecule has 0 aliphatic heterocycles. The van der Waals surface area contributed by atoms with Gasteiger partial charge in [0.2, 0.25) is 0 Å². The van der Waals surface area contributed by atoms with Gasteiger partial charge in [0.1, 0.15) is 5.65 Å². The highest BCUT2D eigenvalue weighted by Crippen LogP contribution is 2.38. The van der Waals surface area contributed by atoms with Crippen LogP contribution in [0.15, 0.2) is 48.8 Å². The summed E-state index contributed by atoms with van der Waals surface area (Å²) in [6, 6.07) is 12.4. The lowest BCUT2D eigenvalue weighted by Gasteiger charge is -2.32. The lowest BCUT2D eigenvalue weighted by molar-refractivity contribution is 0.239. The van der Waals surface area contributed by atoms with Crippen molar-refractivity contribution in [3.63, 3.8) is 0 Å². The van der Waals surface area contributed by atoms with Crippen molar-refractivity contribution >= 4 is 22.8 Å². The van der Waals surface area contributed by atoms with Crippen LogP contribution in [0.1, 0.15) is 76.3 Å². The van der Waals surface area contributed by atoms with Gasteiger partial charge in [-0.1, -0.05) is 58.7 Å². The number of urea groups is 1. The highest BCUT2D eigenvalue weighted by molar-refractivity contribution is 5.91. The summed E-state index contributed by atoms with van der Waals surface area (Å²) in [7, 11) is 0. The molecule has 0 radical (unpaired) electrons. The zero-order valence-corrected chi connectivity index (χ0v) is 19.1. The maximum Gasteiger partial charge on any atom is 0.319 e. The average molecular weight is 419 g/mol. The summed E-state index contributed by atoms with van der Waals surface area (Å²) in [6.07, 6.45) is 8.42. The fourth-order valence-electron chi connectivity index (χ4n) is 4.98. The van der Waals surface area contributed by atoms with E-state index in [1.165, 1.54) is 24.0 Å². The van der Waals surface area contributed by atoms with E-state index in [1.807, 2.05) is 12.3 Å². The Bertz CT molecular complexity index is 1030. The zero-order valence-electron chi connectivity index (χ0n) is 19.1. The van der Waals surface area contributed by atoms with Crippen molar-refractivity contribution in [3.05, 3.63) is 59.9 Å². The van der Waals surface area contributed by atoms with E-state index >= 15 is 0 Å². The monoisotopic (exact) mass is 418 g/mol. The molecule has 2 N–H and O–H groups in total. The fourth-order valence-corrected chi connectivity index (χ4v) is 4.98. The molecular formula is C26H34N4O. The molecule has 3 aromatic rings. The molecule has 0 saturated heterocycles. The van der Waals surface area contributed by atoms with Crippen LogP contribution in [0, 0.1) is 0 Å². The van der Waals surface area contributed by atoms with E-state index < -0.39 is 0 Å². The summed E-state index contributed by atoms with van der Waals surface area (Å²) in [6.45, 7) is 9.26. The highest BCUT2D eigenvalue weighted by Gasteiger charge is 2.37. The number of fused-ring (bicyclic) bond motifs is 1. The first-order valence-corrected chi connectivity index (χ1v) is 11.5. The van der Waals surface area contributed by atoms with E-state index in [0.29, 0.717) is 18.4 Å². The number of hydrogen-bond donors (Lipinski definition) is 2. The van der Waals surface area contributed by atoms with Crippen LogP contribution in [0.4, 0.5) is 10.5 Å². The molecule has 1 aliphatic rings. The van der Waals surface area contributed by atoms with Crippen LogP contribution in [-0.2, 0) is 5.54 Å². The standard InChI is InChI=1S/C26H34N4O/c1-18(2)21-10-7-11-22(19(3)4)23(21)29-25(31)28-17-26(13-5-6-14-26)30-16-12-20-9-8-15-27-24(20)30/h7-12,15-16,18-19H,5-6,13-14,17H2,1-4H3,(H2,28,29,31). The van der Waals surface area contributed by atoms with Crippen LogP contribution in [0.25, 0.3) is 11.0 Å². The third-order valence-electron chi connectivity index (χ3n) is 6.68. The second-order valence-electron chi connectivity index (χ2n) is 9.46. The van der Waals surface area contributed by atoms with Crippen molar-refractivity contribution in [2.45, 2.75) is 70.8 Å². The Balaban J connectivity index is 1.56. The first-order valence-electron chi connectivity index (χ1n) is 11.5. The normalized spacial score (nSPS) is 15.7. The summed E-state index contributed by atoms with van der Waals surface area (Å²) in [5, 5.41) is 7.54. The minimum atomic E-state index is -0.134. The third kappa shape index (κ3) is 4.18. The summed E-state index contributed by atoms with van der Waals surface area (Å²) < 4.78 is 2.29. The predicted octanol–water partition coefficient (Wildman–Crippen LogP) is 6.37. The SMILES string of the molecule is CC(C)c1cccc(C(C)C)c1NC(=O)NCC1(n2ccc3cccnc32)CCCC1. The number of carbonyl (C=O) groups is 1. The molecule has 0 bridgehead atoms. The quantitative estimate of drug-likeness (QED) is 0.488. The molecule has 1 fully saturated rings. The Morgan fingerprint density at radius 3 is 2.35 bits per heavy atom. The van der Waals surface area contributed by atoms with E-state index in [1.54, 1.807) is 0 Å². The molecule has 164 valence electrons. The molecule has 2 amide bonds. The molecule has 4 rings (SSSR count). The molecule has 0 atom stereocenters. The Kier molecular flexibility index (Phi) is 6.03. The number of aromatic nitrogens is 2. The zero-order chi connectivity index (χ0) is 22.0. The van der Waals surface area contributed by atoms with Gasteiger partial charge in [-0.3, -0.25) is 0 Å². The average Bonchev–Trinajstić information content (AvgIpc) is 3.40. The van der Waals surface area contributed by atoms with Crippen molar-refractivity contribution in [3.8, 4) is 0 Å². The molecule has 0 spiro atoms. The van der Waals surface area contributed by atoms with Gasteiger partial charge in [-0.05, 0) is 54.0 Å². The highest BCUT2D eigenvalue weighted by atomic mass is 16.2. The molecule has 2 aromatic heterocycles. The van der Waals surface area contributed by atoms with Gasteiger partial charge < -0.3 is 15.2 Å². The predicted molar refractivity (Wildman–Crippen MR) is 128 cm³/mol. The number of carbonyl (C=O) groups excluding carboxylic acids is 1. The summed E-state index contributed by atoms with van der Waals surface area (Å²) >= 11 is 0. The smallest absolute Gasteiger partial charge is 0.319 e. The maximum absolute atomic E-state index is 13.0. The van der Waals surface area contributed by atoms with Crippen LogP contribution < -0.4 is 10.6 Å². The summed E-state index contributed by atoms with van der Waals surface area (Å²) in [5.41, 5.74) is 4.19. The van der Waals surface area contributed by atoms with Gasteiger partial charge in [0.15, 0.2) is 0 Å². The van der Waals surface area contributed by atoms with Gasteiger partial charge in [-0.25, -0.2) is 9.78 Å². The maximum atomic E-state index is 13.0. The van der Waals surface area contributed by atoms with Crippen molar-refractivity contribution in [2.75, 3.05) is 11.9 Å². The molecule has 1 aromatic carbocycles. The molecule has 1 aliphatic carbocycles. The summed E-state index contributed by atoms with van der Waals surface area (Å²) in [5.74, 6) is 0.681. The van der Waals surface area contributed by atoms with Gasteiger partial charge in [0, 0.05) is 30.0 Å². The van der Waals surface area contributed by atoms with Crippen LogP contribution in [0.3, 0.4) is 0 Å². The fraction of sp³-hybridized carbons (Fsp3) is 0.462. The minimum Gasteiger partial charge on any atom is -0.335 e. The van der Waals surface area contributed by atoms with E-state index in [2.05, 4.69) is 84.4 Å². The molecule has 1 saturated carbocycles. The van der Waals surface area contributed by atoms with Crippen LogP contribution in [0.2, 0.25) is 0 Å². The second kappa shape index (κ2) is 8.74. The van der Waals surface area contributed by atoms with E-state index in [0.717, 1.165) is 29.6 Å². The van der Waals surface area contributed by atoms with Crippen LogP contribution >= 0.6 is 0 Å². The number of nitrogens with zero attached hydrogens (tertiary/aromatic N) is 2. The summed E-state index contributed by atoms with van der Waals surface area (Å²) in [4.78, 5) is 17.7. The number of anilines is 1. The van der Waals surface area contributed by atoms with Crippen molar-refractivity contribution in [2.24, 2.45) is 0 Å². The van der Waals surface area contributed by atoms with Crippen molar-refractivity contribution in [1.29, 1.82) is 0 Å². The van der Waals surface area contributed by atoms with Crippen LogP contribution in [0.5, 0.6) is 0 Å². The van der Waals surface area contributed by atoms with Gasteiger partial charge in [-0.15, -0.1) is 0 Å². The van der Waals surface area contributed by atoms with Gasteiger partial charge in [-0.2, -0.15) is 0 Å². The van der Waals surface area contributed by atoms with Gasteiger partial charge >= 0.3 is 6.03 Å². The van der Waals surface area contributed by atoms with E-state index in [9.17, 15) is 4.79 Å². The molecule has 0 unspecified atom stereocenters. The number of benzene rings is 1. The molecule has 5 heteroatoms. The van der Waals surface area contributed by atoms with Gasteiger partial charge in [0.05, 0.1) is 5.54 Å². The largest absolute Gasteiger partial charge is 0.335 e. The lowest BCUT2D eigenvalue weighted by Crippen LogP contribution is -2.44. The van der Waals surface area contributed by atoms with Crippen molar-refractivity contribution < 1.29 is 4.79 Å². The van der Waals surface area contributed by atoms with Crippen LogP contribution in [-0.4, -0.2) is 22.1 Å². The Morgan fingerprint density at radius 2 is 1.71 bits per heavy atom. The number of pyridine rings is 1. The Hall–Kier alpha value is -2.82. The topological polar surface area (TPSA) is 59.0 Å². The van der Waals surface area contributed by atoms with Gasteiger partial charge in [0.25, 0.3) is 0 Å². The molecular weight excluding hydrogens is 384 g/mol. The van der Waals surface area contributed by atoms with E-state index in [4.69, 9.17) is 0 Å². The first-order chi connectivity index (χ1) is 14.9. The lowest BCUT2D eigenvalue weighted by atomic mass is 9.92. The number of rotatable bonds is 6. The second-order valence-corrected chi connectivity index (χ2v) is 9.46. The third-order valence-corrected chi connectivity index (χ3v) is 6.68. The Labute approximate surface area is 185 Å². The number of amides is 2. The Morgan fingerprint density at radius 1 is 1.03 bits per heavy atom. The minimum absolute atomic E-state index is 0.119. The molecule has 31 heavy (non-hydrogen) atoms. The number of hydrogen-bond acceptors (Lipinski definition) is 2.